The van der Waals surface area contributed by atoms with E-state index in [0.717, 1.165) is 16.5 Å². The van der Waals surface area contributed by atoms with Crippen LogP contribution in [0.5, 0.6) is 0 Å². The monoisotopic (exact) mass is 232 g/mol. The van der Waals surface area contributed by atoms with Gasteiger partial charge in [-0.15, -0.1) is 0 Å². The smallest absolute Gasteiger partial charge is 0.134 e. The molecule has 0 saturated carbocycles. The van der Waals surface area contributed by atoms with E-state index in [1.807, 2.05) is 52.4 Å². The molecule has 92 valence electrons. The Hall–Kier alpha value is -1.32. The maximum absolute atomic E-state index is 6.28. The average molecular weight is 232 g/mol. The lowest BCUT2D eigenvalue weighted by Gasteiger charge is -2.35. The van der Waals surface area contributed by atoms with E-state index in [-0.39, 0.29) is 11.6 Å². The van der Waals surface area contributed by atoms with Gasteiger partial charge in [-0.05, 0) is 34.0 Å². The van der Waals surface area contributed by atoms with E-state index in [0.29, 0.717) is 0 Å². The van der Waals surface area contributed by atoms with Crippen molar-refractivity contribution in [2.75, 3.05) is 14.1 Å². The number of nitrogens with two attached hydrogens (primary N) is 1. The molecule has 2 rings (SSSR count). The van der Waals surface area contributed by atoms with Crippen LogP contribution in [-0.4, -0.2) is 24.5 Å². The van der Waals surface area contributed by atoms with E-state index in [2.05, 4.69) is 11.0 Å². The lowest BCUT2D eigenvalue weighted by Crippen LogP contribution is -2.45. The van der Waals surface area contributed by atoms with Gasteiger partial charge in [0.15, 0.2) is 0 Å². The Morgan fingerprint density at radius 2 is 1.88 bits per heavy atom. The molecule has 1 aromatic carbocycles. The Kier molecular flexibility index (Phi) is 2.98. The number of para-hydroxylation sites is 1. The third kappa shape index (κ3) is 2.21. The molecule has 1 aromatic heterocycles. The molecule has 0 bridgehead atoms. The highest BCUT2D eigenvalue weighted by atomic mass is 16.3. The highest BCUT2D eigenvalue weighted by molar-refractivity contribution is 5.81. The van der Waals surface area contributed by atoms with Crippen LogP contribution >= 0.6 is 0 Å². The van der Waals surface area contributed by atoms with E-state index in [1.54, 1.807) is 0 Å². The predicted octanol–water partition coefficient (Wildman–Crippen LogP) is 2.77. The van der Waals surface area contributed by atoms with Crippen molar-refractivity contribution in [3.63, 3.8) is 0 Å². The fourth-order valence-corrected chi connectivity index (χ4v) is 2.55. The minimum Gasteiger partial charge on any atom is -0.464 e. The molecule has 0 aliphatic carbocycles. The SMILES string of the molecule is CN(C)C(c1coc2ccccc12)C(C)(C)N. The maximum atomic E-state index is 6.28. The van der Waals surface area contributed by atoms with E-state index in [9.17, 15) is 0 Å². The summed E-state index contributed by atoms with van der Waals surface area (Å²) in [6, 6.07) is 8.20. The quantitative estimate of drug-likeness (QED) is 0.884. The molecule has 1 heterocycles. The Labute approximate surface area is 102 Å². The number of benzene rings is 1. The molecular formula is C14H20N2O. The minimum atomic E-state index is -0.323. The molecular weight excluding hydrogens is 212 g/mol. The van der Waals surface area contributed by atoms with Crippen LogP contribution in [0.15, 0.2) is 34.9 Å². The van der Waals surface area contributed by atoms with Crippen LogP contribution in [0, 0.1) is 0 Å². The van der Waals surface area contributed by atoms with Crippen LogP contribution in [0.4, 0.5) is 0 Å². The number of fused-ring (bicyclic) bond motifs is 1. The molecule has 0 aliphatic heterocycles. The third-order valence-corrected chi connectivity index (χ3v) is 3.03. The summed E-state index contributed by atoms with van der Waals surface area (Å²) in [6.45, 7) is 4.08. The summed E-state index contributed by atoms with van der Waals surface area (Å²) in [6.07, 6.45) is 1.82. The number of hydrogen-bond acceptors (Lipinski definition) is 3. The molecule has 17 heavy (non-hydrogen) atoms. The van der Waals surface area contributed by atoms with Crippen LogP contribution in [0.25, 0.3) is 11.0 Å². The maximum Gasteiger partial charge on any atom is 0.134 e. The van der Waals surface area contributed by atoms with E-state index < -0.39 is 0 Å². The first-order valence-corrected chi connectivity index (χ1v) is 5.82. The van der Waals surface area contributed by atoms with Gasteiger partial charge in [-0.1, -0.05) is 18.2 Å². The molecule has 0 radical (unpaired) electrons. The fraction of sp³-hybridized carbons (Fsp3) is 0.429. The summed E-state index contributed by atoms with van der Waals surface area (Å²) in [5.41, 5.74) is 8.02. The topological polar surface area (TPSA) is 42.4 Å². The van der Waals surface area contributed by atoms with Gasteiger partial charge in [0.2, 0.25) is 0 Å². The number of nitrogens with zero attached hydrogens (tertiary/aromatic N) is 1. The standard InChI is InChI=1S/C14H20N2O/c1-14(2,15)13(16(3)4)11-9-17-12-8-6-5-7-10(11)12/h5-9,13H,15H2,1-4H3. The van der Waals surface area contributed by atoms with Crippen LogP contribution in [0.2, 0.25) is 0 Å². The van der Waals surface area contributed by atoms with Crippen molar-refractivity contribution in [3.05, 3.63) is 36.1 Å². The summed E-state index contributed by atoms with van der Waals surface area (Å²) in [4.78, 5) is 2.14. The summed E-state index contributed by atoms with van der Waals surface area (Å²) in [7, 11) is 4.09. The molecule has 0 spiro atoms. The van der Waals surface area contributed by atoms with Crippen molar-refractivity contribution in [2.24, 2.45) is 5.73 Å². The van der Waals surface area contributed by atoms with Gasteiger partial charge in [0.25, 0.3) is 0 Å². The van der Waals surface area contributed by atoms with Crippen molar-refractivity contribution in [3.8, 4) is 0 Å². The van der Waals surface area contributed by atoms with Crippen LogP contribution in [0.1, 0.15) is 25.5 Å². The van der Waals surface area contributed by atoms with E-state index >= 15 is 0 Å². The van der Waals surface area contributed by atoms with Gasteiger partial charge in [-0.2, -0.15) is 0 Å². The van der Waals surface area contributed by atoms with Crippen molar-refractivity contribution >= 4 is 11.0 Å². The normalized spacial score (nSPS) is 14.5. The zero-order valence-corrected chi connectivity index (χ0v) is 10.9. The Bertz CT molecular complexity index is 508. The summed E-state index contributed by atoms with van der Waals surface area (Å²) < 4.78 is 5.59. The number of hydrogen-bond donors (Lipinski definition) is 1. The molecule has 0 saturated heterocycles. The van der Waals surface area contributed by atoms with Gasteiger partial charge in [0.05, 0.1) is 12.3 Å². The highest BCUT2D eigenvalue weighted by Gasteiger charge is 2.31. The van der Waals surface area contributed by atoms with Crippen LogP contribution < -0.4 is 5.73 Å². The molecule has 2 aromatic rings. The Morgan fingerprint density at radius 1 is 1.24 bits per heavy atom. The molecule has 3 nitrogen and oxygen atoms in total. The molecule has 2 N–H and O–H groups in total. The van der Waals surface area contributed by atoms with Gasteiger partial charge in [-0.25, -0.2) is 0 Å². The van der Waals surface area contributed by atoms with E-state index in [4.69, 9.17) is 10.2 Å². The molecule has 0 fully saturated rings. The van der Waals surface area contributed by atoms with Crippen molar-refractivity contribution in [2.45, 2.75) is 25.4 Å². The largest absolute Gasteiger partial charge is 0.464 e. The second kappa shape index (κ2) is 4.17. The number of likely N-dealkylation sites (N-methyl/N-ethyl adjacent to an activating group) is 1. The third-order valence-electron chi connectivity index (χ3n) is 3.03. The molecule has 3 heteroatoms. The molecule has 0 amide bonds. The predicted molar refractivity (Wildman–Crippen MR) is 70.9 cm³/mol. The first kappa shape index (κ1) is 12.1. The molecule has 1 unspecified atom stereocenters. The fourth-order valence-electron chi connectivity index (χ4n) is 2.55. The van der Waals surface area contributed by atoms with Gasteiger partial charge in [0, 0.05) is 16.5 Å². The second-order valence-electron chi connectivity index (χ2n) is 5.37. The Morgan fingerprint density at radius 3 is 2.47 bits per heavy atom. The number of furan rings is 1. The lowest BCUT2D eigenvalue weighted by atomic mass is 9.88. The van der Waals surface area contributed by atoms with Crippen molar-refractivity contribution in [1.29, 1.82) is 0 Å². The van der Waals surface area contributed by atoms with Gasteiger partial charge in [0.1, 0.15) is 5.58 Å². The number of rotatable bonds is 3. The Balaban J connectivity index is 2.57. The first-order chi connectivity index (χ1) is 7.91. The lowest BCUT2D eigenvalue weighted by molar-refractivity contribution is 0.205. The zero-order chi connectivity index (χ0) is 12.6. The van der Waals surface area contributed by atoms with Crippen molar-refractivity contribution < 1.29 is 4.42 Å². The average Bonchev–Trinajstić information content (AvgIpc) is 2.60. The minimum absolute atomic E-state index is 0.131. The second-order valence-corrected chi connectivity index (χ2v) is 5.37. The summed E-state index contributed by atoms with van der Waals surface area (Å²) in [5.74, 6) is 0. The summed E-state index contributed by atoms with van der Waals surface area (Å²) >= 11 is 0. The molecule has 0 aliphatic rings. The van der Waals surface area contributed by atoms with Gasteiger partial charge < -0.3 is 15.1 Å². The van der Waals surface area contributed by atoms with Gasteiger partial charge in [-0.3, -0.25) is 0 Å². The van der Waals surface area contributed by atoms with Gasteiger partial charge >= 0.3 is 0 Å². The summed E-state index contributed by atoms with van der Waals surface area (Å²) in [5, 5.41) is 1.14. The highest BCUT2D eigenvalue weighted by Crippen LogP contribution is 2.34. The van der Waals surface area contributed by atoms with Crippen LogP contribution in [-0.2, 0) is 0 Å². The van der Waals surface area contributed by atoms with Crippen molar-refractivity contribution in [1.82, 2.24) is 4.90 Å². The zero-order valence-electron chi connectivity index (χ0n) is 10.9. The first-order valence-electron chi connectivity index (χ1n) is 5.82. The molecule has 1 atom stereocenters. The van der Waals surface area contributed by atoms with E-state index in [1.165, 1.54) is 0 Å². The van der Waals surface area contributed by atoms with Crippen LogP contribution in [0.3, 0.4) is 0 Å².